The lowest BCUT2D eigenvalue weighted by Crippen LogP contribution is -2.34. The molecule has 3 nitrogen and oxygen atoms in total. The second kappa shape index (κ2) is 9.28. The highest BCUT2D eigenvalue weighted by Gasteiger charge is 2.02. The summed E-state index contributed by atoms with van der Waals surface area (Å²) in [6, 6.07) is 8.19. The van der Waals surface area contributed by atoms with Crippen LogP contribution in [0, 0.1) is 6.92 Å². The van der Waals surface area contributed by atoms with E-state index in [0.29, 0.717) is 6.61 Å². The molecule has 0 heterocycles. The summed E-state index contributed by atoms with van der Waals surface area (Å²) in [7, 11) is 0. The van der Waals surface area contributed by atoms with Gasteiger partial charge in [0.25, 0.3) is 0 Å². The van der Waals surface area contributed by atoms with Gasteiger partial charge in [0.1, 0.15) is 12.4 Å². The van der Waals surface area contributed by atoms with Crippen molar-refractivity contribution >= 4 is 12.4 Å². The largest absolute Gasteiger partial charge is 0.492 e. The molecule has 1 aromatic carbocycles. The molecule has 0 amide bonds. The van der Waals surface area contributed by atoms with E-state index < -0.39 is 0 Å². The lowest BCUT2D eigenvalue weighted by molar-refractivity contribution is 0.227. The standard InChI is InChI=1S/C13H21NO2.ClH/c1-3-12(10-15)14-8-9-16-13-6-4-11(2)5-7-13;/h4-7,12,14-15H,3,8-10H2,1-2H3;1H/t12-;/m0./s1. The van der Waals surface area contributed by atoms with Gasteiger partial charge in [-0.05, 0) is 25.5 Å². The van der Waals surface area contributed by atoms with Crippen molar-refractivity contribution in [1.82, 2.24) is 5.32 Å². The van der Waals surface area contributed by atoms with Crippen LogP contribution in [0.15, 0.2) is 24.3 Å². The minimum Gasteiger partial charge on any atom is -0.492 e. The number of hydrogen-bond acceptors (Lipinski definition) is 3. The molecule has 0 radical (unpaired) electrons. The van der Waals surface area contributed by atoms with Crippen LogP contribution in [-0.4, -0.2) is 30.9 Å². The van der Waals surface area contributed by atoms with Crippen LogP contribution in [0.5, 0.6) is 5.75 Å². The fourth-order valence-electron chi connectivity index (χ4n) is 1.40. The average Bonchev–Trinajstić information content (AvgIpc) is 2.32. The number of benzene rings is 1. The van der Waals surface area contributed by atoms with Gasteiger partial charge in [-0.25, -0.2) is 0 Å². The van der Waals surface area contributed by atoms with Crippen LogP contribution in [0.1, 0.15) is 18.9 Å². The number of halogens is 1. The quantitative estimate of drug-likeness (QED) is 0.738. The Balaban J connectivity index is 0.00000256. The highest BCUT2D eigenvalue weighted by Crippen LogP contribution is 2.10. The van der Waals surface area contributed by atoms with Crippen LogP contribution < -0.4 is 10.1 Å². The zero-order valence-electron chi connectivity index (χ0n) is 10.5. The summed E-state index contributed by atoms with van der Waals surface area (Å²) in [6.45, 7) is 5.67. The Morgan fingerprint density at radius 1 is 1.29 bits per heavy atom. The number of nitrogens with one attached hydrogen (secondary N) is 1. The molecule has 1 aromatic rings. The van der Waals surface area contributed by atoms with E-state index in [2.05, 4.69) is 19.2 Å². The second-order valence-corrected chi connectivity index (χ2v) is 3.90. The van der Waals surface area contributed by atoms with Gasteiger partial charge >= 0.3 is 0 Å². The van der Waals surface area contributed by atoms with E-state index in [4.69, 9.17) is 9.84 Å². The molecular weight excluding hydrogens is 238 g/mol. The number of ether oxygens (including phenoxy) is 1. The Labute approximate surface area is 110 Å². The van der Waals surface area contributed by atoms with E-state index in [-0.39, 0.29) is 25.1 Å². The van der Waals surface area contributed by atoms with Crippen LogP contribution in [-0.2, 0) is 0 Å². The fourth-order valence-corrected chi connectivity index (χ4v) is 1.40. The molecule has 0 unspecified atom stereocenters. The van der Waals surface area contributed by atoms with E-state index in [9.17, 15) is 0 Å². The topological polar surface area (TPSA) is 41.5 Å². The Kier molecular flexibility index (Phi) is 8.86. The Bertz CT molecular complexity index is 286. The molecule has 1 rings (SSSR count). The third-order valence-corrected chi connectivity index (χ3v) is 2.54. The molecule has 17 heavy (non-hydrogen) atoms. The number of aryl methyl sites for hydroxylation is 1. The van der Waals surface area contributed by atoms with E-state index in [1.807, 2.05) is 24.3 Å². The van der Waals surface area contributed by atoms with Crippen LogP contribution in [0.4, 0.5) is 0 Å². The first-order valence-electron chi connectivity index (χ1n) is 5.80. The first kappa shape index (κ1) is 16.2. The molecule has 0 aromatic heterocycles. The Morgan fingerprint density at radius 3 is 2.47 bits per heavy atom. The molecule has 0 saturated carbocycles. The molecule has 0 fully saturated rings. The van der Waals surface area contributed by atoms with Crippen molar-refractivity contribution in [2.24, 2.45) is 0 Å². The predicted molar refractivity (Wildman–Crippen MR) is 73.1 cm³/mol. The van der Waals surface area contributed by atoms with Crippen molar-refractivity contribution in [2.45, 2.75) is 26.3 Å². The number of aliphatic hydroxyl groups excluding tert-OH is 1. The molecule has 0 saturated heterocycles. The van der Waals surface area contributed by atoms with Crippen LogP contribution in [0.3, 0.4) is 0 Å². The molecule has 4 heteroatoms. The third kappa shape index (κ3) is 6.51. The highest BCUT2D eigenvalue weighted by atomic mass is 35.5. The minimum absolute atomic E-state index is 0. The van der Waals surface area contributed by atoms with Crippen molar-refractivity contribution < 1.29 is 9.84 Å². The molecule has 0 aliphatic rings. The van der Waals surface area contributed by atoms with Gasteiger partial charge in [-0.15, -0.1) is 12.4 Å². The van der Waals surface area contributed by atoms with E-state index in [1.54, 1.807) is 0 Å². The summed E-state index contributed by atoms with van der Waals surface area (Å²) < 4.78 is 5.56. The van der Waals surface area contributed by atoms with E-state index in [0.717, 1.165) is 18.7 Å². The Morgan fingerprint density at radius 2 is 1.94 bits per heavy atom. The Hall–Kier alpha value is -0.770. The molecule has 98 valence electrons. The molecule has 2 N–H and O–H groups in total. The summed E-state index contributed by atoms with van der Waals surface area (Å²) in [6.07, 6.45) is 0.932. The minimum atomic E-state index is 0. The number of rotatable bonds is 7. The number of aliphatic hydroxyl groups is 1. The predicted octanol–water partition coefficient (Wildman–Crippen LogP) is 2.16. The monoisotopic (exact) mass is 259 g/mol. The summed E-state index contributed by atoms with van der Waals surface area (Å²) in [5.74, 6) is 0.893. The maximum Gasteiger partial charge on any atom is 0.119 e. The maximum absolute atomic E-state index is 8.97. The van der Waals surface area contributed by atoms with Crippen molar-refractivity contribution in [3.8, 4) is 5.75 Å². The summed E-state index contributed by atoms with van der Waals surface area (Å²) in [4.78, 5) is 0. The van der Waals surface area contributed by atoms with Gasteiger partial charge in [-0.1, -0.05) is 24.6 Å². The van der Waals surface area contributed by atoms with Crippen molar-refractivity contribution in [2.75, 3.05) is 19.8 Å². The van der Waals surface area contributed by atoms with Gasteiger partial charge in [0, 0.05) is 12.6 Å². The van der Waals surface area contributed by atoms with Gasteiger partial charge in [0.05, 0.1) is 6.61 Å². The average molecular weight is 260 g/mol. The van der Waals surface area contributed by atoms with E-state index >= 15 is 0 Å². The summed E-state index contributed by atoms with van der Waals surface area (Å²) in [5.41, 5.74) is 1.23. The summed E-state index contributed by atoms with van der Waals surface area (Å²) in [5, 5.41) is 12.2. The van der Waals surface area contributed by atoms with E-state index in [1.165, 1.54) is 5.56 Å². The van der Waals surface area contributed by atoms with Gasteiger partial charge in [0.15, 0.2) is 0 Å². The van der Waals surface area contributed by atoms with Gasteiger partial charge in [-0.2, -0.15) is 0 Å². The first-order valence-corrected chi connectivity index (χ1v) is 5.80. The first-order chi connectivity index (χ1) is 7.76. The molecule has 0 aliphatic carbocycles. The van der Waals surface area contributed by atoms with Crippen LogP contribution in [0.25, 0.3) is 0 Å². The fraction of sp³-hybridized carbons (Fsp3) is 0.538. The molecule has 1 atom stereocenters. The smallest absolute Gasteiger partial charge is 0.119 e. The van der Waals surface area contributed by atoms with Crippen molar-refractivity contribution in [3.63, 3.8) is 0 Å². The molecular formula is C13H22ClNO2. The highest BCUT2D eigenvalue weighted by molar-refractivity contribution is 5.85. The molecule has 0 bridgehead atoms. The lowest BCUT2D eigenvalue weighted by Gasteiger charge is -2.14. The molecule has 0 spiro atoms. The number of hydrogen-bond donors (Lipinski definition) is 2. The zero-order chi connectivity index (χ0) is 11.8. The maximum atomic E-state index is 8.97. The van der Waals surface area contributed by atoms with Crippen molar-refractivity contribution in [3.05, 3.63) is 29.8 Å². The van der Waals surface area contributed by atoms with Gasteiger partial charge in [-0.3, -0.25) is 0 Å². The SMILES string of the molecule is CC[C@@H](CO)NCCOc1ccc(C)cc1.Cl. The normalized spacial score (nSPS) is 11.7. The zero-order valence-corrected chi connectivity index (χ0v) is 11.3. The summed E-state index contributed by atoms with van der Waals surface area (Å²) >= 11 is 0. The van der Waals surface area contributed by atoms with Crippen molar-refractivity contribution in [1.29, 1.82) is 0 Å². The van der Waals surface area contributed by atoms with Gasteiger partial charge < -0.3 is 15.2 Å². The van der Waals surface area contributed by atoms with Crippen LogP contribution >= 0.6 is 12.4 Å². The second-order valence-electron chi connectivity index (χ2n) is 3.90. The van der Waals surface area contributed by atoms with Gasteiger partial charge in [0.2, 0.25) is 0 Å². The molecule has 0 aliphatic heterocycles. The lowest BCUT2D eigenvalue weighted by atomic mass is 10.2. The third-order valence-electron chi connectivity index (χ3n) is 2.54. The van der Waals surface area contributed by atoms with Crippen LogP contribution in [0.2, 0.25) is 0 Å².